The van der Waals surface area contributed by atoms with Crippen molar-refractivity contribution in [3.8, 4) is 10.8 Å². The van der Waals surface area contributed by atoms with E-state index in [2.05, 4.69) is 31.2 Å². The number of hydrogen-bond acceptors (Lipinski definition) is 7. The summed E-state index contributed by atoms with van der Waals surface area (Å²) < 4.78 is 6.70. The molecule has 166 valence electrons. The summed E-state index contributed by atoms with van der Waals surface area (Å²) in [6, 6.07) is 11.1. The fourth-order valence-corrected chi connectivity index (χ4v) is 4.40. The first-order valence-electron chi connectivity index (χ1n) is 10.1. The first kappa shape index (κ1) is 22.2. The van der Waals surface area contributed by atoms with E-state index in [1.165, 1.54) is 11.3 Å². The number of halogens is 1. The molecular formula is C22H22BrN5O3S. The Morgan fingerprint density at radius 2 is 1.88 bits per heavy atom. The minimum Gasteiger partial charge on any atom is -0.445 e. The van der Waals surface area contributed by atoms with E-state index >= 15 is 0 Å². The lowest BCUT2D eigenvalue weighted by Crippen LogP contribution is -2.50. The van der Waals surface area contributed by atoms with E-state index in [0.717, 1.165) is 10.2 Å². The van der Waals surface area contributed by atoms with Gasteiger partial charge in [0.2, 0.25) is 11.0 Å². The largest absolute Gasteiger partial charge is 0.445 e. The summed E-state index contributed by atoms with van der Waals surface area (Å²) >= 11 is 4.69. The third kappa shape index (κ3) is 5.25. The number of pyridine rings is 1. The third-order valence-electron chi connectivity index (χ3n) is 5.10. The first-order chi connectivity index (χ1) is 15.4. The Morgan fingerprint density at radius 1 is 1.12 bits per heavy atom. The first-order valence-corrected chi connectivity index (χ1v) is 11.7. The zero-order chi connectivity index (χ0) is 22.7. The summed E-state index contributed by atoms with van der Waals surface area (Å²) in [6.07, 6.45) is 1.63. The summed E-state index contributed by atoms with van der Waals surface area (Å²) in [7, 11) is 0. The predicted octanol–water partition coefficient (Wildman–Crippen LogP) is 4.45. The minimum absolute atomic E-state index is 0.0396. The normalized spacial score (nSPS) is 13.7. The molecule has 2 amide bonds. The van der Waals surface area contributed by atoms with Gasteiger partial charge in [-0.15, -0.1) is 0 Å². The number of ether oxygens (including phenoxy) is 1. The van der Waals surface area contributed by atoms with Crippen molar-refractivity contribution >= 4 is 50.0 Å². The molecule has 4 rings (SSSR count). The van der Waals surface area contributed by atoms with Crippen LogP contribution in [0.3, 0.4) is 0 Å². The Labute approximate surface area is 198 Å². The highest BCUT2D eigenvalue weighted by Gasteiger charge is 2.24. The van der Waals surface area contributed by atoms with Crippen LogP contribution in [0, 0.1) is 6.92 Å². The van der Waals surface area contributed by atoms with Gasteiger partial charge in [-0.3, -0.25) is 9.59 Å². The number of thiazole rings is 1. The second-order valence-corrected chi connectivity index (χ2v) is 9.14. The minimum atomic E-state index is -0.0523. The molecule has 32 heavy (non-hydrogen) atoms. The van der Waals surface area contributed by atoms with Crippen molar-refractivity contribution in [3.63, 3.8) is 0 Å². The van der Waals surface area contributed by atoms with Gasteiger partial charge in [0.15, 0.2) is 5.13 Å². The molecule has 1 aliphatic rings. The standard InChI is InChI=1S/C22H22BrN5O3S/c1-14-6-7-16(12-17(14)21(30)28-10-8-27(9-11-28)15(2)29)31-20-13-24-22(32-20)26-19-5-3-4-18(23)25-19/h3-7,12-13H,8-11H2,1-2H3,(H,24,25,26). The number of benzene rings is 1. The molecule has 0 radical (unpaired) electrons. The van der Waals surface area contributed by atoms with Gasteiger partial charge in [0.05, 0.1) is 6.20 Å². The molecule has 1 saturated heterocycles. The maximum absolute atomic E-state index is 13.1. The quantitative estimate of drug-likeness (QED) is 0.505. The Kier molecular flexibility index (Phi) is 6.71. The molecule has 0 aliphatic carbocycles. The van der Waals surface area contributed by atoms with Crippen LogP contribution in [0.1, 0.15) is 22.8 Å². The monoisotopic (exact) mass is 515 g/mol. The van der Waals surface area contributed by atoms with Gasteiger partial charge in [-0.25, -0.2) is 9.97 Å². The molecule has 0 bridgehead atoms. The number of rotatable bonds is 5. The van der Waals surface area contributed by atoms with Crippen LogP contribution in [0.15, 0.2) is 47.2 Å². The number of nitrogens with zero attached hydrogens (tertiary/aromatic N) is 4. The van der Waals surface area contributed by atoms with Crippen LogP contribution < -0.4 is 10.1 Å². The van der Waals surface area contributed by atoms with Gasteiger partial charge in [0.1, 0.15) is 16.2 Å². The van der Waals surface area contributed by atoms with Crippen LogP contribution >= 0.6 is 27.3 Å². The molecule has 0 atom stereocenters. The molecule has 3 heterocycles. The molecular weight excluding hydrogens is 494 g/mol. The summed E-state index contributed by atoms with van der Waals surface area (Å²) in [5.41, 5.74) is 1.48. The molecule has 10 heteroatoms. The van der Waals surface area contributed by atoms with Crippen molar-refractivity contribution in [1.82, 2.24) is 19.8 Å². The highest BCUT2D eigenvalue weighted by Crippen LogP contribution is 2.32. The molecule has 2 aromatic heterocycles. The zero-order valence-corrected chi connectivity index (χ0v) is 20.1. The van der Waals surface area contributed by atoms with Crippen molar-refractivity contribution < 1.29 is 14.3 Å². The number of piperazine rings is 1. The van der Waals surface area contributed by atoms with Gasteiger partial charge in [-0.2, -0.15) is 0 Å². The molecule has 1 aromatic carbocycles. The topological polar surface area (TPSA) is 87.7 Å². The van der Waals surface area contributed by atoms with E-state index < -0.39 is 0 Å². The number of hydrogen-bond donors (Lipinski definition) is 1. The smallest absolute Gasteiger partial charge is 0.254 e. The van der Waals surface area contributed by atoms with Gasteiger partial charge in [-0.1, -0.05) is 23.5 Å². The molecule has 1 fully saturated rings. The lowest BCUT2D eigenvalue weighted by molar-refractivity contribution is -0.130. The van der Waals surface area contributed by atoms with Gasteiger partial charge >= 0.3 is 0 Å². The zero-order valence-electron chi connectivity index (χ0n) is 17.7. The fraction of sp³-hybridized carbons (Fsp3) is 0.273. The van der Waals surface area contributed by atoms with Gasteiger partial charge in [0.25, 0.3) is 5.91 Å². The molecule has 0 spiro atoms. The van der Waals surface area contributed by atoms with E-state index in [0.29, 0.717) is 53.5 Å². The van der Waals surface area contributed by atoms with E-state index in [9.17, 15) is 9.59 Å². The second kappa shape index (κ2) is 9.66. The molecule has 3 aromatic rings. The predicted molar refractivity (Wildman–Crippen MR) is 127 cm³/mol. The van der Waals surface area contributed by atoms with Crippen LogP contribution in [0.4, 0.5) is 10.9 Å². The number of amides is 2. The van der Waals surface area contributed by atoms with Gasteiger partial charge < -0.3 is 19.9 Å². The lowest BCUT2D eigenvalue weighted by atomic mass is 10.1. The Morgan fingerprint density at radius 3 is 2.59 bits per heavy atom. The second-order valence-electron chi connectivity index (χ2n) is 7.33. The third-order valence-corrected chi connectivity index (χ3v) is 6.34. The number of carbonyl (C=O) groups is 2. The van der Waals surface area contributed by atoms with Crippen LogP contribution in [0.5, 0.6) is 10.8 Å². The van der Waals surface area contributed by atoms with Crippen LogP contribution in [-0.4, -0.2) is 57.8 Å². The van der Waals surface area contributed by atoms with E-state index in [-0.39, 0.29) is 11.8 Å². The maximum atomic E-state index is 13.1. The average molecular weight is 516 g/mol. The number of carbonyl (C=O) groups excluding carboxylic acids is 2. The molecule has 0 saturated carbocycles. The highest BCUT2D eigenvalue weighted by molar-refractivity contribution is 9.10. The number of aromatic nitrogens is 2. The Bertz CT molecular complexity index is 1140. The van der Waals surface area contributed by atoms with Crippen LogP contribution in [0.2, 0.25) is 0 Å². The van der Waals surface area contributed by atoms with E-state index in [1.807, 2.05) is 37.3 Å². The number of anilines is 2. The molecule has 1 aliphatic heterocycles. The lowest BCUT2D eigenvalue weighted by Gasteiger charge is -2.34. The summed E-state index contributed by atoms with van der Waals surface area (Å²) in [5, 5.41) is 4.39. The van der Waals surface area contributed by atoms with E-state index in [4.69, 9.17) is 4.74 Å². The van der Waals surface area contributed by atoms with Gasteiger partial charge in [-0.05, 0) is 52.7 Å². The highest BCUT2D eigenvalue weighted by atomic mass is 79.9. The summed E-state index contributed by atoms with van der Waals surface area (Å²) in [4.78, 5) is 36.8. The Hall–Kier alpha value is -2.98. The van der Waals surface area contributed by atoms with Crippen LogP contribution in [-0.2, 0) is 4.79 Å². The fourth-order valence-electron chi connectivity index (χ4n) is 3.36. The van der Waals surface area contributed by atoms with E-state index in [1.54, 1.807) is 29.0 Å². The number of aryl methyl sites for hydroxylation is 1. The van der Waals surface area contributed by atoms with Gasteiger partial charge in [0, 0.05) is 38.7 Å². The van der Waals surface area contributed by atoms with Crippen LogP contribution in [0.25, 0.3) is 0 Å². The van der Waals surface area contributed by atoms with Crippen molar-refractivity contribution in [2.75, 3.05) is 31.5 Å². The van der Waals surface area contributed by atoms with Crippen molar-refractivity contribution in [2.45, 2.75) is 13.8 Å². The van der Waals surface area contributed by atoms with Crippen molar-refractivity contribution in [2.24, 2.45) is 0 Å². The number of nitrogens with one attached hydrogen (secondary N) is 1. The SMILES string of the molecule is CC(=O)N1CCN(C(=O)c2cc(Oc3cnc(Nc4cccc(Br)n4)s3)ccc2C)CC1. The molecule has 8 nitrogen and oxygen atoms in total. The summed E-state index contributed by atoms with van der Waals surface area (Å²) in [5.74, 6) is 1.23. The maximum Gasteiger partial charge on any atom is 0.254 e. The molecule has 1 N–H and O–H groups in total. The Balaban J connectivity index is 1.43. The van der Waals surface area contributed by atoms with Crippen molar-refractivity contribution in [3.05, 3.63) is 58.3 Å². The summed E-state index contributed by atoms with van der Waals surface area (Å²) in [6.45, 7) is 5.62. The molecule has 0 unspecified atom stereocenters. The van der Waals surface area contributed by atoms with Crippen molar-refractivity contribution in [1.29, 1.82) is 0 Å². The average Bonchev–Trinajstić information content (AvgIpc) is 3.21.